The zero-order chi connectivity index (χ0) is 18.4. The molecule has 140 valence electrons. The average Bonchev–Trinajstić information content (AvgIpc) is 3.17. The summed E-state index contributed by atoms with van der Waals surface area (Å²) in [6, 6.07) is 10.5. The van der Waals surface area contributed by atoms with E-state index in [0.29, 0.717) is 0 Å². The summed E-state index contributed by atoms with van der Waals surface area (Å²) in [5, 5.41) is 7.47. The second kappa shape index (κ2) is 8.71. The Bertz CT molecular complexity index is 687. The van der Waals surface area contributed by atoms with Gasteiger partial charge in [-0.2, -0.15) is 0 Å². The van der Waals surface area contributed by atoms with Crippen molar-refractivity contribution in [3.05, 3.63) is 47.9 Å². The van der Waals surface area contributed by atoms with Crippen LogP contribution in [0.15, 0.2) is 46.1 Å². The molecule has 0 amide bonds. The Morgan fingerprint density at radius 2 is 1.88 bits per heavy atom. The first-order valence-corrected chi connectivity index (χ1v) is 8.99. The number of guanidine groups is 1. The number of aliphatic imine (C=N–C) groups is 1. The van der Waals surface area contributed by atoms with E-state index < -0.39 is 0 Å². The predicted octanol–water partition coefficient (Wildman–Crippen LogP) is 1.63. The zero-order valence-electron chi connectivity index (χ0n) is 15.9. The van der Waals surface area contributed by atoms with Crippen molar-refractivity contribution in [1.82, 2.24) is 20.3 Å². The van der Waals surface area contributed by atoms with Gasteiger partial charge in [0, 0.05) is 72.2 Å². The highest BCUT2D eigenvalue weighted by atomic mass is 16.5. The Morgan fingerprint density at radius 3 is 2.46 bits per heavy atom. The molecule has 0 unspecified atom stereocenters. The van der Waals surface area contributed by atoms with Crippen LogP contribution in [0, 0.1) is 0 Å². The van der Waals surface area contributed by atoms with Gasteiger partial charge in [0.2, 0.25) is 0 Å². The van der Waals surface area contributed by atoms with Crippen molar-refractivity contribution >= 4 is 11.6 Å². The van der Waals surface area contributed by atoms with Gasteiger partial charge in [0.15, 0.2) is 5.96 Å². The van der Waals surface area contributed by atoms with E-state index >= 15 is 0 Å². The van der Waals surface area contributed by atoms with Gasteiger partial charge in [-0.05, 0) is 17.7 Å². The Kier molecular flexibility index (Phi) is 6.12. The molecule has 7 nitrogen and oxygen atoms in total. The van der Waals surface area contributed by atoms with Gasteiger partial charge < -0.3 is 19.6 Å². The van der Waals surface area contributed by atoms with Crippen molar-refractivity contribution in [2.75, 3.05) is 52.2 Å². The van der Waals surface area contributed by atoms with Crippen molar-refractivity contribution in [3.63, 3.8) is 0 Å². The molecule has 1 saturated heterocycles. The number of nitrogens with zero attached hydrogens (tertiary/aromatic N) is 5. The highest BCUT2D eigenvalue weighted by Crippen LogP contribution is 2.12. The molecule has 0 atom stereocenters. The minimum absolute atomic E-state index is 0.777. The SMILES string of the molecule is CN=C(NCc1ccc(N(C)C)cc1)N1CCN(Cc2ccon2)CC1. The number of rotatable bonds is 5. The first-order chi connectivity index (χ1) is 12.7. The van der Waals surface area contributed by atoms with E-state index in [2.05, 4.69) is 68.5 Å². The summed E-state index contributed by atoms with van der Waals surface area (Å²) < 4.78 is 4.91. The average molecular weight is 356 g/mol. The fraction of sp³-hybridized carbons (Fsp3) is 0.474. The summed E-state index contributed by atoms with van der Waals surface area (Å²) >= 11 is 0. The molecule has 3 rings (SSSR count). The third-order valence-electron chi connectivity index (χ3n) is 4.66. The molecule has 1 aromatic heterocycles. The predicted molar refractivity (Wildman–Crippen MR) is 104 cm³/mol. The van der Waals surface area contributed by atoms with Gasteiger partial charge in [0.25, 0.3) is 0 Å². The Hall–Kier alpha value is -2.54. The molecule has 1 aromatic carbocycles. The lowest BCUT2D eigenvalue weighted by molar-refractivity contribution is 0.169. The molecule has 0 bridgehead atoms. The van der Waals surface area contributed by atoms with E-state index in [0.717, 1.165) is 50.9 Å². The van der Waals surface area contributed by atoms with Crippen LogP contribution in [0.5, 0.6) is 0 Å². The molecule has 1 aliphatic heterocycles. The lowest BCUT2D eigenvalue weighted by Crippen LogP contribution is -2.52. The molecule has 0 spiro atoms. The fourth-order valence-electron chi connectivity index (χ4n) is 3.09. The van der Waals surface area contributed by atoms with E-state index in [4.69, 9.17) is 4.52 Å². The van der Waals surface area contributed by atoms with Gasteiger partial charge in [-0.15, -0.1) is 0 Å². The molecular weight excluding hydrogens is 328 g/mol. The normalized spacial score (nSPS) is 16.0. The number of nitrogens with one attached hydrogen (secondary N) is 1. The maximum atomic E-state index is 4.91. The van der Waals surface area contributed by atoms with Crippen LogP contribution in [0.2, 0.25) is 0 Å². The van der Waals surface area contributed by atoms with Gasteiger partial charge in [0.05, 0.1) is 5.69 Å². The molecule has 26 heavy (non-hydrogen) atoms. The van der Waals surface area contributed by atoms with Crippen LogP contribution in [-0.2, 0) is 13.1 Å². The fourth-order valence-corrected chi connectivity index (χ4v) is 3.09. The van der Waals surface area contributed by atoms with Crippen LogP contribution >= 0.6 is 0 Å². The largest absolute Gasteiger partial charge is 0.378 e. The summed E-state index contributed by atoms with van der Waals surface area (Å²) in [6.45, 7) is 5.51. The smallest absolute Gasteiger partial charge is 0.194 e. The first kappa shape index (κ1) is 18.3. The number of hydrogen-bond donors (Lipinski definition) is 1. The van der Waals surface area contributed by atoms with E-state index in [1.165, 1.54) is 11.3 Å². The van der Waals surface area contributed by atoms with Gasteiger partial charge in [-0.3, -0.25) is 9.89 Å². The molecule has 1 aliphatic rings. The molecule has 0 aliphatic carbocycles. The van der Waals surface area contributed by atoms with Crippen LogP contribution in [0.25, 0.3) is 0 Å². The van der Waals surface area contributed by atoms with Crippen molar-refractivity contribution < 1.29 is 4.52 Å². The highest BCUT2D eigenvalue weighted by Gasteiger charge is 2.20. The molecule has 0 saturated carbocycles. The van der Waals surface area contributed by atoms with Gasteiger partial charge in [-0.25, -0.2) is 0 Å². The highest BCUT2D eigenvalue weighted by molar-refractivity contribution is 5.80. The van der Waals surface area contributed by atoms with Crippen molar-refractivity contribution in [1.29, 1.82) is 0 Å². The third kappa shape index (κ3) is 4.76. The maximum absolute atomic E-state index is 4.91. The second-order valence-corrected chi connectivity index (χ2v) is 6.72. The lowest BCUT2D eigenvalue weighted by atomic mass is 10.2. The van der Waals surface area contributed by atoms with Crippen LogP contribution in [0.4, 0.5) is 5.69 Å². The molecule has 2 aromatic rings. The van der Waals surface area contributed by atoms with Crippen molar-refractivity contribution in [3.8, 4) is 0 Å². The number of anilines is 1. The number of aromatic nitrogens is 1. The maximum Gasteiger partial charge on any atom is 0.194 e. The van der Waals surface area contributed by atoms with Gasteiger partial charge >= 0.3 is 0 Å². The van der Waals surface area contributed by atoms with Crippen LogP contribution < -0.4 is 10.2 Å². The molecule has 7 heteroatoms. The molecule has 1 fully saturated rings. The molecule has 1 N–H and O–H groups in total. The molecule has 0 radical (unpaired) electrons. The van der Waals surface area contributed by atoms with E-state index in [9.17, 15) is 0 Å². The summed E-state index contributed by atoms with van der Waals surface area (Å²) in [4.78, 5) is 11.3. The monoisotopic (exact) mass is 356 g/mol. The lowest BCUT2D eigenvalue weighted by Gasteiger charge is -2.36. The van der Waals surface area contributed by atoms with Gasteiger partial charge in [-0.1, -0.05) is 17.3 Å². The summed E-state index contributed by atoms with van der Waals surface area (Å²) in [5.74, 6) is 0.961. The zero-order valence-corrected chi connectivity index (χ0v) is 15.9. The van der Waals surface area contributed by atoms with Crippen molar-refractivity contribution in [2.45, 2.75) is 13.1 Å². The summed E-state index contributed by atoms with van der Waals surface area (Å²) in [7, 11) is 5.95. The van der Waals surface area contributed by atoms with E-state index in [1.54, 1.807) is 6.26 Å². The van der Waals surface area contributed by atoms with Crippen LogP contribution in [0.1, 0.15) is 11.3 Å². The third-order valence-corrected chi connectivity index (χ3v) is 4.66. The first-order valence-electron chi connectivity index (χ1n) is 8.99. The second-order valence-electron chi connectivity index (χ2n) is 6.72. The number of benzene rings is 1. The molecular formula is C19H28N6O. The number of piperazine rings is 1. The van der Waals surface area contributed by atoms with E-state index in [-0.39, 0.29) is 0 Å². The Balaban J connectivity index is 1.47. The Morgan fingerprint density at radius 1 is 1.15 bits per heavy atom. The summed E-state index contributed by atoms with van der Waals surface area (Å²) in [6.07, 6.45) is 1.63. The van der Waals surface area contributed by atoms with Crippen molar-refractivity contribution in [2.24, 2.45) is 4.99 Å². The van der Waals surface area contributed by atoms with Crippen LogP contribution in [0.3, 0.4) is 0 Å². The minimum Gasteiger partial charge on any atom is -0.378 e. The Labute approximate surface area is 155 Å². The standard InChI is InChI=1S/C19H28N6O/c1-20-19(21-14-16-4-6-18(7-5-16)23(2)3)25-11-9-24(10-12-25)15-17-8-13-26-22-17/h4-8,13H,9-12,14-15H2,1-3H3,(H,20,21). The minimum atomic E-state index is 0.777. The van der Waals surface area contributed by atoms with Gasteiger partial charge in [0.1, 0.15) is 6.26 Å². The van der Waals surface area contributed by atoms with Crippen LogP contribution in [-0.4, -0.2) is 68.2 Å². The molecule has 2 heterocycles. The van der Waals surface area contributed by atoms with E-state index in [1.807, 2.05) is 13.1 Å². The number of hydrogen-bond acceptors (Lipinski definition) is 5. The summed E-state index contributed by atoms with van der Waals surface area (Å²) in [5.41, 5.74) is 3.45. The quantitative estimate of drug-likeness (QED) is 0.649. The topological polar surface area (TPSA) is 60.1 Å².